The van der Waals surface area contributed by atoms with Gasteiger partial charge >= 0.3 is 0 Å². The van der Waals surface area contributed by atoms with Gasteiger partial charge in [0.25, 0.3) is 0 Å². The molecule has 3 rings (SSSR count). The number of aromatic nitrogens is 1. The highest BCUT2D eigenvalue weighted by atomic mass is 32.2. The zero-order valence-electron chi connectivity index (χ0n) is 12.4. The number of carboxylic acid groups (broad SMARTS) is 1. The zero-order valence-corrected chi connectivity index (χ0v) is 13.2. The van der Waals surface area contributed by atoms with Crippen molar-refractivity contribution in [2.24, 2.45) is 0 Å². The minimum absolute atomic E-state index is 0.172. The van der Waals surface area contributed by atoms with Crippen molar-refractivity contribution in [3.05, 3.63) is 60.4 Å². The lowest BCUT2D eigenvalue weighted by Gasteiger charge is -2.13. The van der Waals surface area contributed by atoms with Crippen LogP contribution in [0.15, 0.2) is 59.8 Å². The highest BCUT2D eigenvalue weighted by molar-refractivity contribution is 8.00. The standard InChI is InChI=1S/C18H12N2O3S/c19-9-12-5-6-15(14-4-2-1-3-13(12)14)23-16-10-20-8-7-17(16)24-11-18(21)22/h1-8,10H,11H2,(H,21,22)/p-1. The van der Waals surface area contributed by atoms with E-state index < -0.39 is 5.97 Å². The molecule has 0 saturated carbocycles. The maximum atomic E-state index is 10.7. The van der Waals surface area contributed by atoms with Crippen LogP contribution in [-0.4, -0.2) is 16.7 Å². The van der Waals surface area contributed by atoms with Crippen molar-refractivity contribution in [3.63, 3.8) is 0 Å². The molecular weight excluding hydrogens is 324 g/mol. The van der Waals surface area contributed by atoms with Crippen LogP contribution in [-0.2, 0) is 4.79 Å². The number of carbonyl (C=O) groups is 1. The highest BCUT2D eigenvalue weighted by Crippen LogP contribution is 2.36. The summed E-state index contributed by atoms with van der Waals surface area (Å²) in [6.45, 7) is 0. The number of hydrogen-bond acceptors (Lipinski definition) is 6. The lowest BCUT2D eigenvalue weighted by Crippen LogP contribution is -2.24. The van der Waals surface area contributed by atoms with E-state index in [1.165, 1.54) is 6.20 Å². The van der Waals surface area contributed by atoms with Crippen LogP contribution in [0.2, 0.25) is 0 Å². The zero-order chi connectivity index (χ0) is 16.9. The number of carboxylic acids is 1. The number of pyridine rings is 1. The Labute approximate surface area is 142 Å². The monoisotopic (exact) mass is 335 g/mol. The van der Waals surface area contributed by atoms with Crippen LogP contribution in [0.5, 0.6) is 11.5 Å². The Hall–Kier alpha value is -3.04. The van der Waals surface area contributed by atoms with E-state index in [9.17, 15) is 15.2 Å². The summed E-state index contributed by atoms with van der Waals surface area (Å²) in [5.41, 5.74) is 0.565. The molecule has 0 spiro atoms. The SMILES string of the molecule is N#Cc1ccc(Oc2cnccc2SCC(=O)[O-])c2ccccc12. The molecule has 0 unspecified atom stereocenters. The Morgan fingerprint density at radius 2 is 1.96 bits per heavy atom. The largest absolute Gasteiger partial charge is 0.549 e. The van der Waals surface area contributed by atoms with Crippen molar-refractivity contribution < 1.29 is 14.6 Å². The van der Waals surface area contributed by atoms with Gasteiger partial charge in [-0.05, 0) is 18.2 Å². The van der Waals surface area contributed by atoms with Crippen molar-refractivity contribution >= 4 is 28.5 Å². The number of benzene rings is 2. The Kier molecular flexibility index (Phi) is 4.64. The molecular formula is C18H11N2O3S-. The number of rotatable bonds is 5. The molecule has 0 aliphatic heterocycles. The van der Waals surface area contributed by atoms with E-state index >= 15 is 0 Å². The third kappa shape index (κ3) is 3.31. The lowest BCUT2D eigenvalue weighted by atomic mass is 10.0. The maximum Gasteiger partial charge on any atom is 0.159 e. The predicted octanol–water partition coefficient (Wildman–Crippen LogP) is 2.74. The number of thioether (sulfide) groups is 1. The molecule has 1 aromatic heterocycles. The van der Waals surface area contributed by atoms with Gasteiger partial charge in [0.1, 0.15) is 5.75 Å². The smallest absolute Gasteiger partial charge is 0.159 e. The Balaban J connectivity index is 2.00. The van der Waals surface area contributed by atoms with Gasteiger partial charge < -0.3 is 14.6 Å². The molecule has 3 aromatic rings. The molecule has 1 heterocycles. The number of nitriles is 1. The van der Waals surface area contributed by atoms with Crippen molar-refractivity contribution in [1.82, 2.24) is 4.98 Å². The second-order valence-corrected chi connectivity index (χ2v) is 5.87. The molecule has 24 heavy (non-hydrogen) atoms. The molecule has 0 amide bonds. The summed E-state index contributed by atoms with van der Waals surface area (Å²) in [5, 5.41) is 21.5. The average Bonchev–Trinajstić information content (AvgIpc) is 2.61. The first kappa shape index (κ1) is 15.8. The van der Waals surface area contributed by atoms with Gasteiger partial charge in [-0.3, -0.25) is 4.98 Å². The van der Waals surface area contributed by atoms with Crippen LogP contribution in [0.1, 0.15) is 5.56 Å². The average molecular weight is 335 g/mol. The molecule has 0 saturated heterocycles. The highest BCUT2D eigenvalue weighted by Gasteiger charge is 2.10. The lowest BCUT2D eigenvalue weighted by molar-refractivity contribution is -0.301. The first-order valence-electron chi connectivity index (χ1n) is 7.05. The molecule has 6 heteroatoms. The van der Waals surface area contributed by atoms with Crippen LogP contribution in [0.4, 0.5) is 0 Å². The number of carbonyl (C=O) groups excluding carboxylic acids is 1. The quantitative estimate of drug-likeness (QED) is 0.666. The first-order chi connectivity index (χ1) is 11.7. The van der Waals surface area contributed by atoms with Crippen LogP contribution >= 0.6 is 11.8 Å². The van der Waals surface area contributed by atoms with E-state index in [-0.39, 0.29) is 5.75 Å². The topological polar surface area (TPSA) is 86.0 Å². The van der Waals surface area contributed by atoms with Crippen molar-refractivity contribution in [3.8, 4) is 17.6 Å². The molecule has 0 aliphatic carbocycles. The minimum atomic E-state index is -1.15. The Bertz CT molecular complexity index is 950. The van der Waals surface area contributed by atoms with Gasteiger partial charge in [-0.15, -0.1) is 11.8 Å². The van der Waals surface area contributed by atoms with Gasteiger partial charge in [0.2, 0.25) is 0 Å². The van der Waals surface area contributed by atoms with E-state index in [1.54, 1.807) is 24.4 Å². The Morgan fingerprint density at radius 1 is 1.17 bits per heavy atom. The molecule has 0 fully saturated rings. The summed E-state index contributed by atoms with van der Waals surface area (Å²) in [4.78, 5) is 15.4. The summed E-state index contributed by atoms with van der Waals surface area (Å²) in [6, 6.07) is 14.7. The molecule has 5 nitrogen and oxygen atoms in total. The van der Waals surface area contributed by atoms with Crippen molar-refractivity contribution in [1.29, 1.82) is 5.26 Å². The van der Waals surface area contributed by atoms with Gasteiger partial charge in [0.15, 0.2) is 5.75 Å². The van der Waals surface area contributed by atoms with E-state index in [0.29, 0.717) is 22.0 Å². The summed E-state index contributed by atoms with van der Waals surface area (Å²) in [6.07, 6.45) is 3.10. The summed E-state index contributed by atoms with van der Waals surface area (Å²) in [5.74, 6) is -0.285. The predicted molar refractivity (Wildman–Crippen MR) is 88.7 cm³/mol. The van der Waals surface area contributed by atoms with E-state index in [4.69, 9.17) is 4.74 Å². The summed E-state index contributed by atoms with van der Waals surface area (Å²) in [7, 11) is 0. The third-order valence-electron chi connectivity index (χ3n) is 3.32. The van der Waals surface area contributed by atoms with Gasteiger partial charge in [-0.25, -0.2) is 0 Å². The second-order valence-electron chi connectivity index (χ2n) is 4.85. The van der Waals surface area contributed by atoms with E-state index in [1.807, 2.05) is 24.3 Å². The van der Waals surface area contributed by atoms with Crippen molar-refractivity contribution in [2.75, 3.05) is 5.75 Å². The fourth-order valence-corrected chi connectivity index (χ4v) is 2.94. The van der Waals surface area contributed by atoms with E-state index in [2.05, 4.69) is 11.1 Å². The summed E-state index contributed by atoms with van der Waals surface area (Å²) >= 11 is 1.11. The first-order valence-corrected chi connectivity index (χ1v) is 8.04. The molecule has 0 N–H and O–H groups in total. The number of fused-ring (bicyclic) bond motifs is 1. The maximum absolute atomic E-state index is 10.7. The molecule has 0 aliphatic rings. The van der Waals surface area contributed by atoms with Gasteiger partial charge in [0, 0.05) is 22.7 Å². The number of nitrogens with zero attached hydrogens (tertiary/aromatic N) is 2. The molecule has 118 valence electrons. The van der Waals surface area contributed by atoms with Gasteiger partial charge in [-0.1, -0.05) is 24.3 Å². The normalized spacial score (nSPS) is 10.3. The molecule has 0 radical (unpaired) electrons. The molecule has 0 bridgehead atoms. The fraction of sp³-hybridized carbons (Fsp3) is 0.0556. The van der Waals surface area contributed by atoms with Crippen LogP contribution in [0, 0.1) is 11.3 Å². The summed E-state index contributed by atoms with van der Waals surface area (Å²) < 4.78 is 5.95. The van der Waals surface area contributed by atoms with Gasteiger partial charge in [-0.2, -0.15) is 5.26 Å². The number of ether oxygens (including phenoxy) is 1. The number of aliphatic carboxylic acids is 1. The second kappa shape index (κ2) is 7.02. The van der Waals surface area contributed by atoms with Crippen LogP contribution < -0.4 is 9.84 Å². The number of hydrogen-bond donors (Lipinski definition) is 0. The third-order valence-corrected chi connectivity index (χ3v) is 4.34. The van der Waals surface area contributed by atoms with E-state index in [0.717, 1.165) is 22.5 Å². The van der Waals surface area contributed by atoms with Gasteiger partial charge in [0.05, 0.1) is 28.7 Å². The molecule has 2 aromatic carbocycles. The van der Waals surface area contributed by atoms with Crippen molar-refractivity contribution in [2.45, 2.75) is 4.90 Å². The minimum Gasteiger partial charge on any atom is -0.549 e. The van der Waals surface area contributed by atoms with Crippen LogP contribution in [0.3, 0.4) is 0 Å². The Morgan fingerprint density at radius 3 is 2.71 bits per heavy atom. The molecule has 0 atom stereocenters. The van der Waals surface area contributed by atoms with Crippen LogP contribution in [0.25, 0.3) is 10.8 Å². The fourth-order valence-electron chi connectivity index (χ4n) is 2.28.